The van der Waals surface area contributed by atoms with Crippen LogP contribution in [0.1, 0.15) is 0 Å². The van der Waals surface area contributed by atoms with E-state index in [1.54, 1.807) is 0 Å². The molecule has 10 heterocycles. The Morgan fingerprint density at radius 2 is 0.459 bits per heavy atom. The molecule has 19 aromatic carbocycles. The van der Waals surface area contributed by atoms with E-state index < -0.39 is 0 Å². The number of fused-ring (bicyclic) bond motifs is 29. The maximum atomic E-state index is 5.36. The molecule has 13 heteroatoms. The first-order valence-corrected chi connectivity index (χ1v) is 47.9. The van der Waals surface area contributed by atoms with Crippen LogP contribution in [0.25, 0.3) is 264 Å². The van der Waals surface area contributed by atoms with Crippen LogP contribution >= 0.6 is 45.3 Å². The third-order valence-corrected chi connectivity index (χ3v) is 30.8. The Bertz CT molecular complexity index is 9780. The zero-order chi connectivity index (χ0) is 87.3. The van der Waals surface area contributed by atoms with Crippen LogP contribution < -0.4 is 0 Å². The summed E-state index contributed by atoms with van der Waals surface area (Å²) in [6.07, 6.45) is 0. The van der Waals surface area contributed by atoms with Crippen molar-refractivity contribution in [3.05, 3.63) is 431 Å². The van der Waals surface area contributed by atoms with E-state index in [1.807, 2.05) is 81.7 Å². The first-order chi connectivity index (χ1) is 66.0. The number of hydrogen-bond donors (Lipinski definition) is 0. The summed E-state index contributed by atoms with van der Waals surface area (Å²) in [4.78, 5) is 31.5. The predicted molar refractivity (Wildman–Crippen MR) is 566 cm³/mol. The number of benzene rings is 19. The Hall–Kier alpha value is -16.5. The van der Waals surface area contributed by atoms with Crippen molar-refractivity contribution in [3.8, 4) is 84.6 Å². The molecule has 0 atom stereocenters. The zero-order valence-corrected chi connectivity index (χ0v) is 74.4. The minimum atomic E-state index is 0.872. The smallest absolute Gasteiger partial charge is 0.0973 e. The van der Waals surface area contributed by atoms with Gasteiger partial charge in [-0.1, -0.05) is 315 Å². The van der Waals surface area contributed by atoms with Gasteiger partial charge >= 0.3 is 0 Å². The van der Waals surface area contributed by atoms with Crippen molar-refractivity contribution in [1.29, 1.82) is 0 Å². The molecule has 0 saturated heterocycles. The van der Waals surface area contributed by atoms with Crippen LogP contribution in [0.3, 0.4) is 0 Å². The summed E-state index contributed by atoms with van der Waals surface area (Å²) < 4.78 is 17.8. The van der Waals surface area contributed by atoms with E-state index in [0.717, 1.165) is 118 Å². The molecule has 0 aliphatic heterocycles. The van der Waals surface area contributed by atoms with Gasteiger partial charge in [0.2, 0.25) is 0 Å². The third kappa shape index (κ3) is 12.5. The Balaban J connectivity index is 0.000000102. The van der Waals surface area contributed by atoms with Crippen LogP contribution in [-0.4, -0.2) is 43.6 Å². The first kappa shape index (κ1) is 76.5. The molecular weight excluding hydrogens is 1700 g/mol. The van der Waals surface area contributed by atoms with Crippen molar-refractivity contribution in [3.63, 3.8) is 0 Å². The molecule has 0 amide bonds. The second-order valence-electron chi connectivity index (χ2n) is 33.7. The van der Waals surface area contributed by atoms with Gasteiger partial charge in [-0.2, -0.15) is 0 Å². The standard InChI is InChI=1S/C44H25N3S2.2C38H23N3S/c1-3-13-26(14-4-1)40-41(27-15-5-2-6-16-27)46-33-25-28(23-24-32(33)45-40)47-34-20-10-7-17-29(34)37-38-30-18-8-11-21-35(30)48-43(38)39-31-19-9-12-22-36(31)49-44(39)42(37)47;1-3-11-24(12-4-1)36-37(25-13-5-2-6-14-25)40-31-23-26(19-21-30(31)39-36)41-32-17-9-7-16-29(32)35-33(41)22-20-28-27-15-8-10-18-34(27)42-38(28)35;1-3-11-24(12-4-1)37-38(25-13-5-2-6-14-25)40-30-23-26(19-20-29(30)39-37)41-31-17-9-7-15-27(31)35-32(41)21-22-34-36(35)28-16-8-10-18-33(28)42-34/h1-25H;2*1-23H. The van der Waals surface area contributed by atoms with Crippen molar-refractivity contribution in [2.75, 3.05) is 0 Å². The van der Waals surface area contributed by atoms with Crippen LogP contribution in [-0.2, 0) is 0 Å². The average Bonchev–Trinajstić information content (AvgIpc) is 1.52. The van der Waals surface area contributed by atoms with Gasteiger partial charge in [-0.15, -0.1) is 45.3 Å². The number of nitrogens with zero attached hydrogens (tertiary/aromatic N) is 9. The molecule has 620 valence electrons. The number of aromatic nitrogens is 9. The van der Waals surface area contributed by atoms with Gasteiger partial charge < -0.3 is 13.7 Å². The van der Waals surface area contributed by atoms with Gasteiger partial charge in [-0.05, 0) is 115 Å². The quantitative estimate of drug-likeness (QED) is 0.143. The fourth-order valence-corrected chi connectivity index (χ4v) is 25.2. The molecule has 0 aliphatic carbocycles. The second kappa shape index (κ2) is 31.1. The highest BCUT2D eigenvalue weighted by Crippen LogP contribution is 2.54. The van der Waals surface area contributed by atoms with Crippen molar-refractivity contribution >= 4 is 225 Å². The Kier molecular flexibility index (Phi) is 17.9. The SMILES string of the molecule is c1ccc(-c2nc3ccc(-n4c5ccccc5c5c6c(ccc54)sc4ccccc46)cc3nc2-c2ccccc2)cc1.c1ccc(-c2nc3ccc(-n4c5ccccc5c5c6c7ccccc7sc6c6c7ccccc7sc6c54)cc3nc2-c2ccccc2)cc1.c1ccc(-c2nc3ccc(-n4c5ccccc5c5c6sc7ccccc7c6ccc54)cc3nc2-c2ccccc2)cc1. The van der Waals surface area contributed by atoms with E-state index in [0.29, 0.717) is 0 Å². The summed E-state index contributed by atoms with van der Waals surface area (Å²) in [7, 11) is 0. The number of thiophene rings is 4. The van der Waals surface area contributed by atoms with Crippen LogP contribution in [0, 0.1) is 0 Å². The highest BCUT2D eigenvalue weighted by molar-refractivity contribution is 7.30. The molecule has 10 aromatic heterocycles. The van der Waals surface area contributed by atoms with E-state index in [-0.39, 0.29) is 0 Å². The van der Waals surface area contributed by atoms with Crippen LogP contribution in [0.15, 0.2) is 431 Å². The van der Waals surface area contributed by atoms with Gasteiger partial charge in [0.1, 0.15) is 0 Å². The number of rotatable bonds is 9. The summed E-state index contributed by atoms with van der Waals surface area (Å²) in [5.41, 5.74) is 27.4. The van der Waals surface area contributed by atoms with Gasteiger partial charge in [0.05, 0.1) is 105 Å². The lowest BCUT2D eigenvalue weighted by atomic mass is 10.0. The van der Waals surface area contributed by atoms with E-state index in [1.165, 1.54) is 146 Å². The highest BCUT2D eigenvalue weighted by Gasteiger charge is 2.28. The van der Waals surface area contributed by atoms with E-state index in [4.69, 9.17) is 29.9 Å². The third-order valence-electron chi connectivity index (χ3n) is 26.1. The fourth-order valence-electron chi connectivity index (χ4n) is 20.3. The molecule has 0 unspecified atom stereocenters. The highest BCUT2D eigenvalue weighted by atomic mass is 32.1. The predicted octanol–water partition coefficient (Wildman–Crippen LogP) is 33.7. The minimum absolute atomic E-state index is 0.872. The van der Waals surface area contributed by atoms with Gasteiger partial charge in [0.25, 0.3) is 0 Å². The molecule has 133 heavy (non-hydrogen) atoms. The summed E-state index contributed by atoms with van der Waals surface area (Å²) in [5, 5.41) is 18.3. The Morgan fingerprint density at radius 3 is 0.895 bits per heavy atom. The zero-order valence-electron chi connectivity index (χ0n) is 71.1. The Morgan fingerprint density at radius 1 is 0.158 bits per heavy atom. The normalized spacial score (nSPS) is 11.9. The second-order valence-corrected chi connectivity index (χ2v) is 38.0. The molecule has 0 radical (unpaired) electrons. The monoisotopic (exact) mass is 1770 g/mol. The minimum Gasteiger partial charge on any atom is -0.309 e. The summed E-state index contributed by atoms with van der Waals surface area (Å²) in [6.45, 7) is 0. The van der Waals surface area contributed by atoms with Crippen LogP contribution in [0.2, 0.25) is 0 Å². The van der Waals surface area contributed by atoms with Crippen LogP contribution in [0.5, 0.6) is 0 Å². The van der Waals surface area contributed by atoms with E-state index in [2.05, 4.69) is 408 Å². The van der Waals surface area contributed by atoms with Gasteiger partial charge in [0.15, 0.2) is 0 Å². The van der Waals surface area contributed by atoms with Gasteiger partial charge in [-0.3, -0.25) is 0 Å². The number of hydrogen-bond acceptors (Lipinski definition) is 10. The largest absolute Gasteiger partial charge is 0.309 e. The Labute approximate surface area is 777 Å². The van der Waals surface area contributed by atoms with Crippen molar-refractivity contribution in [2.45, 2.75) is 0 Å². The summed E-state index contributed by atoms with van der Waals surface area (Å²) >= 11 is 7.56. The molecule has 0 saturated carbocycles. The molecule has 29 aromatic rings. The maximum absolute atomic E-state index is 5.36. The lowest BCUT2D eigenvalue weighted by Gasteiger charge is -2.13. The molecule has 0 fully saturated rings. The molecule has 0 bridgehead atoms. The molecule has 0 N–H and O–H groups in total. The fraction of sp³-hybridized carbons (Fsp3) is 0. The first-order valence-electron chi connectivity index (χ1n) is 44.6. The lowest BCUT2D eigenvalue weighted by molar-refractivity contribution is 1.18. The lowest BCUT2D eigenvalue weighted by Crippen LogP contribution is -1.98. The van der Waals surface area contributed by atoms with E-state index >= 15 is 0 Å². The molecular formula is C120H71N9S4. The van der Waals surface area contributed by atoms with Crippen molar-refractivity contribution in [1.82, 2.24) is 43.6 Å². The van der Waals surface area contributed by atoms with E-state index in [9.17, 15) is 0 Å². The van der Waals surface area contributed by atoms with Gasteiger partial charge in [-0.25, -0.2) is 29.9 Å². The molecule has 9 nitrogen and oxygen atoms in total. The van der Waals surface area contributed by atoms with Crippen molar-refractivity contribution < 1.29 is 0 Å². The molecule has 0 aliphatic rings. The molecule has 0 spiro atoms. The average molecular weight is 1770 g/mol. The summed E-state index contributed by atoms with van der Waals surface area (Å²) in [6, 6.07) is 152. The maximum Gasteiger partial charge on any atom is 0.0973 e. The topological polar surface area (TPSA) is 92.1 Å². The summed E-state index contributed by atoms with van der Waals surface area (Å²) in [5.74, 6) is 0. The van der Waals surface area contributed by atoms with Crippen molar-refractivity contribution in [2.24, 2.45) is 0 Å². The number of para-hydroxylation sites is 3. The van der Waals surface area contributed by atoms with Crippen LogP contribution in [0.4, 0.5) is 0 Å². The molecule has 29 rings (SSSR count). The van der Waals surface area contributed by atoms with Gasteiger partial charge in [0, 0.05) is 159 Å².